The van der Waals surface area contributed by atoms with Gasteiger partial charge in [-0.25, -0.2) is 19.6 Å². The van der Waals surface area contributed by atoms with Crippen molar-refractivity contribution in [3.8, 4) is 0 Å². The summed E-state index contributed by atoms with van der Waals surface area (Å²) < 4.78 is 10.1. The van der Waals surface area contributed by atoms with Crippen LogP contribution in [0.15, 0.2) is 22.1 Å². The molecule has 0 bridgehead atoms. The van der Waals surface area contributed by atoms with E-state index in [1.54, 1.807) is 0 Å². The van der Waals surface area contributed by atoms with Crippen molar-refractivity contribution in [1.29, 1.82) is 0 Å². The summed E-state index contributed by atoms with van der Waals surface area (Å²) in [7, 11) is 0. The van der Waals surface area contributed by atoms with Crippen LogP contribution in [-0.4, -0.2) is 57.8 Å². The van der Waals surface area contributed by atoms with E-state index in [1.807, 2.05) is 13.8 Å². The van der Waals surface area contributed by atoms with Gasteiger partial charge in [-0.3, -0.25) is 11.5 Å². The zero-order chi connectivity index (χ0) is 28.2. The number of ether oxygens (including phenoxy) is 2. The Morgan fingerprint density at radius 3 is 1.53 bits per heavy atom. The van der Waals surface area contributed by atoms with E-state index in [9.17, 15) is 9.59 Å². The average molecular weight is 603 g/mol. The molecule has 0 aliphatic heterocycles. The smallest absolute Gasteiger partial charge is 0.332 e. The Kier molecular flexibility index (Phi) is 12.8. The number of thiazole rings is 2. The number of hydrogen-bond donors (Lipinski definition) is 6. The number of aliphatic imine (C=N–C) groups is 2. The Bertz CT molecular complexity index is 1100. The maximum atomic E-state index is 11.9. The van der Waals surface area contributed by atoms with Gasteiger partial charge in [-0.2, -0.15) is 33.5 Å². The lowest BCUT2D eigenvalue weighted by atomic mass is 10.4. The highest BCUT2D eigenvalue weighted by molar-refractivity contribution is 7.98. The molecule has 208 valence electrons. The van der Waals surface area contributed by atoms with Crippen LogP contribution in [0.4, 0.5) is 10.3 Å². The van der Waals surface area contributed by atoms with Gasteiger partial charge in [-0.15, -0.1) is 0 Å². The second kappa shape index (κ2) is 15.5. The highest BCUT2D eigenvalue weighted by Gasteiger charge is 2.14. The molecule has 0 fully saturated rings. The molecule has 0 spiro atoms. The minimum Gasteiger partial charge on any atom is -0.443 e. The van der Waals surface area contributed by atoms with Crippen LogP contribution in [0.5, 0.6) is 0 Å². The van der Waals surface area contributed by atoms with E-state index in [2.05, 4.69) is 20.0 Å². The largest absolute Gasteiger partial charge is 0.443 e. The van der Waals surface area contributed by atoms with Crippen molar-refractivity contribution < 1.29 is 19.1 Å². The van der Waals surface area contributed by atoms with Gasteiger partial charge in [-0.05, 0) is 13.8 Å². The average Bonchev–Trinajstić information content (AvgIpc) is 3.32. The van der Waals surface area contributed by atoms with E-state index in [0.717, 1.165) is 33.3 Å². The van der Waals surface area contributed by atoms with Crippen LogP contribution < -0.4 is 34.4 Å². The van der Waals surface area contributed by atoms with Gasteiger partial charge in [0.05, 0.1) is 11.4 Å². The van der Waals surface area contributed by atoms with E-state index in [1.165, 1.54) is 46.2 Å². The van der Waals surface area contributed by atoms with E-state index in [4.69, 9.17) is 43.9 Å². The first-order valence-corrected chi connectivity index (χ1v) is 14.7. The molecule has 2 rings (SSSR count). The van der Waals surface area contributed by atoms with Gasteiger partial charge in [0.2, 0.25) is 10.3 Å². The van der Waals surface area contributed by atoms with Crippen molar-refractivity contribution in [2.45, 2.75) is 37.8 Å². The molecule has 0 aliphatic rings. The predicted molar refractivity (Wildman–Crippen MR) is 154 cm³/mol. The highest BCUT2D eigenvalue weighted by atomic mass is 32.2. The number of aryl methyl sites for hydroxylation is 2. The third kappa shape index (κ3) is 11.7. The van der Waals surface area contributed by atoms with Gasteiger partial charge in [0.15, 0.2) is 24.4 Å². The third-order valence-corrected chi connectivity index (χ3v) is 8.04. The minimum absolute atomic E-state index is 0.0635. The minimum atomic E-state index is -0.885. The summed E-state index contributed by atoms with van der Waals surface area (Å²) in [5, 5.41) is 0.939. The molecule has 14 nitrogen and oxygen atoms in total. The van der Waals surface area contributed by atoms with E-state index >= 15 is 0 Å². The lowest BCUT2D eigenvalue weighted by molar-refractivity contribution is -0.144. The number of carbonyl (C=O) groups is 2. The predicted octanol–water partition coefficient (Wildman–Crippen LogP) is 0.405. The molecule has 0 saturated heterocycles. The topological polar surface area (TPSA) is 259 Å². The lowest BCUT2D eigenvalue weighted by Crippen LogP contribution is -2.30. The number of hydrogen-bond acceptors (Lipinski definition) is 14. The zero-order valence-electron chi connectivity index (χ0n) is 20.7. The van der Waals surface area contributed by atoms with Gasteiger partial charge in [0.25, 0.3) is 0 Å². The first kappa shape index (κ1) is 31.3. The first-order valence-electron chi connectivity index (χ1n) is 10.8. The fourth-order valence-electron chi connectivity index (χ4n) is 2.53. The molecule has 2 aromatic heterocycles. The monoisotopic (exact) mass is 602 g/mol. The standard InChI is InChI=1S/C20H30N10O4S4/c1-9-11(27-19(37-9)29-17(23)24)5-35-7-13(21)33-15(31)3-4-16(32)34-14(22)8-36-6-12-10(2)38-20(28-12)30-18(25)26/h3-4,13-14H,5-8,21-22H2,1-2H3,(H4,23,24,27,29)(H4,25,26,28,30)/b4-3-. The van der Waals surface area contributed by atoms with E-state index in [-0.39, 0.29) is 11.9 Å². The maximum Gasteiger partial charge on any atom is 0.332 e. The molecule has 12 N–H and O–H groups in total. The van der Waals surface area contributed by atoms with Crippen molar-refractivity contribution in [1.82, 2.24) is 9.97 Å². The van der Waals surface area contributed by atoms with Gasteiger partial charge in [-0.1, -0.05) is 22.7 Å². The molecular formula is C20H30N10O4S4. The van der Waals surface area contributed by atoms with Crippen molar-refractivity contribution in [3.05, 3.63) is 33.3 Å². The molecule has 2 aromatic rings. The number of aromatic nitrogens is 2. The van der Waals surface area contributed by atoms with Gasteiger partial charge >= 0.3 is 11.9 Å². The SMILES string of the molecule is Cc1sc(N=C(N)N)nc1CSCC(N)OC(=O)/C=C\C(=O)OC(N)CSCc1nc(N=C(N)N)sc1C. The Hall–Kier alpha value is -2.90. The molecule has 18 heteroatoms. The van der Waals surface area contributed by atoms with Crippen LogP contribution in [0.25, 0.3) is 0 Å². The number of nitrogens with two attached hydrogens (primary N) is 6. The summed E-state index contributed by atoms with van der Waals surface area (Å²) in [6.45, 7) is 3.81. The Labute approximate surface area is 235 Å². The normalized spacial score (nSPS) is 12.6. The van der Waals surface area contributed by atoms with Crippen molar-refractivity contribution in [2.24, 2.45) is 44.4 Å². The lowest BCUT2D eigenvalue weighted by Gasteiger charge is -2.12. The number of carbonyl (C=O) groups excluding carboxylic acids is 2. The van der Waals surface area contributed by atoms with Gasteiger partial charge in [0.1, 0.15) is 0 Å². The second-order valence-electron chi connectivity index (χ2n) is 7.39. The highest BCUT2D eigenvalue weighted by Crippen LogP contribution is 2.28. The summed E-state index contributed by atoms with van der Waals surface area (Å²) in [6.07, 6.45) is 0.0971. The second-order valence-corrected chi connectivity index (χ2v) is 11.8. The number of guanidine groups is 2. The Balaban J connectivity index is 1.67. The quantitative estimate of drug-likeness (QED) is 0.0562. The van der Waals surface area contributed by atoms with Crippen LogP contribution in [0.2, 0.25) is 0 Å². The van der Waals surface area contributed by atoms with Crippen LogP contribution in [-0.2, 0) is 30.6 Å². The Morgan fingerprint density at radius 2 is 1.18 bits per heavy atom. The van der Waals surface area contributed by atoms with Crippen LogP contribution in [0, 0.1) is 13.8 Å². The molecule has 0 amide bonds. The fourth-order valence-corrected chi connectivity index (χ4v) is 6.14. The molecule has 2 unspecified atom stereocenters. The van der Waals surface area contributed by atoms with Crippen LogP contribution in [0.1, 0.15) is 21.1 Å². The molecule has 0 aromatic carbocycles. The molecule has 0 radical (unpaired) electrons. The number of rotatable bonds is 14. The number of esters is 2. The van der Waals surface area contributed by atoms with E-state index < -0.39 is 24.4 Å². The number of thioether (sulfide) groups is 2. The van der Waals surface area contributed by atoms with E-state index in [0.29, 0.717) is 33.3 Å². The fraction of sp³-hybridized carbons (Fsp3) is 0.400. The summed E-state index contributed by atoms with van der Waals surface area (Å²) in [5.74, 6) is -0.00474. The summed E-state index contributed by atoms with van der Waals surface area (Å²) in [4.78, 5) is 42.4. The van der Waals surface area contributed by atoms with Crippen LogP contribution >= 0.6 is 46.2 Å². The summed E-state index contributed by atoms with van der Waals surface area (Å²) in [5.41, 5.74) is 34.8. The summed E-state index contributed by atoms with van der Waals surface area (Å²) in [6, 6.07) is 0. The van der Waals surface area contributed by atoms with Crippen molar-refractivity contribution >= 4 is 80.3 Å². The zero-order valence-corrected chi connectivity index (χ0v) is 23.9. The molecule has 2 atom stereocenters. The number of nitrogens with zero attached hydrogens (tertiary/aromatic N) is 4. The first-order chi connectivity index (χ1) is 17.9. The third-order valence-electron chi connectivity index (χ3n) is 4.14. The van der Waals surface area contributed by atoms with Crippen molar-refractivity contribution in [3.63, 3.8) is 0 Å². The molecular weight excluding hydrogens is 573 g/mol. The molecule has 0 saturated carbocycles. The maximum absolute atomic E-state index is 11.9. The van der Waals surface area contributed by atoms with Gasteiger partial charge < -0.3 is 32.4 Å². The molecule has 2 heterocycles. The molecule has 0 aliphatic carbocycles. The summed E-state index contributed by atoms with van der Waals surface area (Å²) >= 11 is 5.57. The molecule has 38 heavy (non-hydrogen) atoms. The van der Waals surface area contributed by atoms with Gasteiger partial charge in [0, 0.05) is 44.9 Å². The van der Waals surface area contributed by atoms with Crippen molar-refractivity contribution in [2.75, 3.05) is 11.5 Å². The Morgan fingerprint density at radius 1 is 0.816 bits per heavy atom. The van der Waals surface area contributed by atoms with Crippen LogP contribution in [0.3, 0.4) is 0 Å².